The van der Waals surface area contributed by atoms with E-state index in [1.807, 2.05) is 25.1 Å². The van der Waals surface area contributed by atoms with Crippen LogP contribution in [0.3, 0.4) is 0 Å². The first kappa shape index (κ1) is 17.6. The van der Waals surface area contributed by atoms with Crippen LogP contribution in [0.15, 0.2) is 53.4 Å². The molecule has 1 N–H and O–H groups in total. The maximum Gasteiger partial charge on any atom is 0.255 e. The number of carbonyl (C=O) groups excluding carboxylic acids is 1. The standard InChI is InChI=1S/C19H22N2O3S/c1-15-7-3-4-8-18(15)19(22)20-16-9-11-17(12-10-16)25(23,24)21-13-5-2-6-14-21/h3-4,7-12H,2,5-6,13-14H2,1H3,(H,20,22). The lowest BCUT2D eigenvalue weighted by Gasteiger charge is -2.25. The van der Waals surface area contributed by atoms with E-state index in [1.165, 1.54) is 4.31 Å². The molecule has 3 rings (SSSR count). The molecule has 2 aromatic rings. The summed E-state index contributed by atoms with van der Waals surface area (Å²) in [6.45, 7) is 3.03. The molecule has 1 saturated heterocycles. The quantitative estimate of drug-likeness (QED) is 0.911. The molecular weight excluding hydrogens is 336 g/mol. The molecule has 1 aliphatic rings. The number of nitrogens with zero attached hydrogens (tertiary/aromatic N) is 1. The summed E-state index contributed by atoms with van der Waals surface area (Å²) >= 11 is 0. The Hall–Kier alpha value is -2.18. The second kappa shape index (κ2) is 7.37. The molecule has 0 unspecified atom stereocenters. The van der Waals surface area contributed by atoms with Crippen molar-refractivity contribution in [2.24, 2.45) is 0 Å². The number of hydrogen-bond acceptors (Lipinski definition) is 3. The zero-order valence-corrected chi connectivity index (χ0v) is 15.1. The molecule has 5 nitrogen and oxygen atoms in total. The number of nitrogens with one attached hydrogen (secondary N) is 1. The van der Waals surface area contributed by atoms with Crippen LogP contribution < -0.4 is 5.32 Å². The Balaban J connectivity index is 1.74. The number of hydrogen-bond donors (Lipinski definition) is 1. The van der Waals surface area contributed by atoms with E-state index in [1.54, 1.807) is 30.3 Å². The fourth-order valence-electron chi connectivity index (χ4n) is 2.99. The molecule has 0 bridgehead atoms. The molecule has 25 heavy (non-hydrogen) atoms. The highest BCUT2D eigenvalue weighted by atomic mass is 32.2. The van der Waals surface area contributed by atoms with Crippen LogP contribution in [0.1, 0.15) is 35.2 Å². The molecule has 0 saturated carbocycles. The molecular formula is C19H22N2O3S. The van der Waals surface area contributed by atoms with Crippen molar-refractivity contribution < 1.29 is 13.2 Å². The Morgan fingerprint density at radius 1 is 0.960 bits per heavy atom. The summed E-state index contributed by atoms with van der Waals surface area (Å²) in [5.74, 6) is -0.204. The summed E-state index contributed by atoms with van der Waals surface area (Å²) < 4.78 is 26.8. The number of carbonyl (C=O) groups is 1. The molecule has 132 valence electrons. The van der Waals surface area contributed by atoms with Crippen LogP contribution >= 0.6 is 0 Å². The van der Waals surface area contributed by atoms with E-state index >= 15 is 0 Å². The minimum Gasteiger partial charge on any atom is -0.322 e. The number of anilines is 1. The first-order valence-corrected chi connectivity index (χ1v) is 9.90. The molecule has 0 atom stereocenters. The van der Waals surface area contributed by atoms with Gasteiger partial charge in [0.25, 0.3) is 5.91 Å². The molecule has 2 aromatic carbocycles. The summed E-state index contributed by atoms with van der Waals surface area (Å²) in [7, 11) is -3.45. The van der Waals surface area contributed by atoms with Crippen LogP contribution in [0.5, 0.6) is 0 Å². The van der Waals surface area contributed by atoms with E-state index in [0.717, 1.165) is 24.8 Å². The fraction of sp³-hybridized carbons (Fsp3) is 0.316. The van der Waals surface area contributed by atoms with Crippen molar-refractivity contribution >= 4 is 21.6 Å². The normalized spacial score (nSPS) is 15.7. The van der Waals surface area contributed by atoms with Gasteiger partial charge in [-0.25, -0.2) is 8.42 Å². The van der Waals surface area contributed by atoms with Crippen molar-refractivity contribution in [3.8, 4) is 0 Å². The van der Waals surface area contributed by atoms with Gasteiger partial charge in [0.2, 0.25) is 10.0 Å². The third-order valence-electron chi connectivity index (χ3n) is 4.45. The Morgan fingerprint density at radius 2 is 1.60 bits per heavy atom. The van der Waals surface area contributed by atoms with Gasteiger partial charge < -0.3 is 5.32 Å². The predicted molar refractivity (Wildman–Crippen MR) is 98.2 cm³/mol. The van der Waals surface area contributed by atoms with Gasteiger partial charge in [0, 0.05) is 24.3 Å². The van der Waals surface area contributed by atoms with Gasteiger partial charge in [-0.1, -0.05) is 24.6 Å². The lowest BCUT2D eigenvalue weighted by molar-refractivity contribution is 0.102. The van der Waals surface area contributed by atoms with E-state index in [2.05, 4.69) is 5.32 Å². The number of amides is 1. The van der Waals surface area contributed by atoms with E-state index in [9.17, 15) is 13.2 Å². The van der Waals surface area contributed by atoms with Crippen LogP contribution in [0.2, 0.25) is 0 Å². The highest BCUT2D eigenvalue weighted by Gasteiger charge is 2.25. The lowest BCUT2D eigenvalue weighted by Crippen LogP contribution is -2.35. The van der Waals surface area contributed by atoms with Crippen LogP contribution in [0, 0.1) is 6.92 Å². The van der Waals surface area contributed by atoms with Gasteiger partial charge in [-0.05, 0) is 55.7 Å². The summed E-state index contributed by atoms with van der Waals surface area (Å²) in [4.78, 5) is 12.6. The van der Waals surface area contributed by atoms with E-state index < -0.39 is 10.0 Å². The minimum absolute atomic E-state index is 0.204. The summed E-state index contributed by atoms with van der Waals surface area (Å²) in [6.07, 6.45) is 2.89. The van der Waals surface area contributed by atoms with Gasteiger partial charge in [0.15, 0.2) is 0 Å². The first-order chi connectivity index (χ1) is 12.0. The van der Waals surface area contributed by atoms with Crippen molar-refractivity contribution in [1.82, 2.24) is 4.31 Å². The zero-order chi connectivity index (χ0) is 17.9. The van der Waals surface area contributed by atoms with Crippen LogP contribution in [0.25, 0.3) is 0 Å². The number of rotatable bonds is 4. The monoisotopic (exact) mass is 358 g/mol. The smallest absolute Gasteiger partial charge is 0.255 e. The van der Waals surface area contributed by atoms with Crippen LogP contribution in [-0.4, -0.2) is 31.7 Å². The maximum absolute atomic E-state index is 12.6. The van der Waals surface area contributed by atoms with E-state index in [-0.39, 0.29) is 10.8 Å². The van der Waals surface area contributed by atoms with E-state index in [4.69, 9.17) is 0 Å². The second-order valence-corrected chi connectivity index (χ2v) is 8.20. The van der Waals surface area contributed by atoms with E-state index in [0.29, 0.717) is 24.3 Å². The molecule has 1 aliphatic heterocycles. The average Bonchev–Trinajstić information content (AvgIpc) is 2.63. The van der Waals surface area contributed by atoms with Crippen LogP contribution in [0.4, 0.5) is 5.69 Å². The third-order valence-corrected chi connectivity index (χ3v) is 6.37. The molecule has 0 spiro atoms. The molecule has 6 heteroatoms. The number of sulfonamides is 1. The molecule has 1 fully saturated rings. The largest absolute Gasteiger partial charge is 0.322 e. The van der Waals surface area contributed by atoms with Gasteiger partial charge in [0.1, 0.15) is 0 Å². The van der Waals surface area contributed by atoms with Gasteiger partial charge in [-0.2, -0.15) is 4.31 Å². The Bertz CT molecular complexity index is 854. The van der Waals surface area contributed by atoms with Crippen molar-refractivity contribution in [3.05, 3.63) is 59.7 Å². The average molecular weight is 358 g/mol. The maximum atomic E-state index is 12.6. The topological polar surface area (TPSA) is 66.5 Å². The molecule has 0 aromatic heterocycles. The molecule has 0 radical (unpaired) electrons. The summed E-state index contributed by atoms with van der Waals surface area (Å²) in [5.41, 5.74) is 2.07. The van der Waals surface area contributed by atoms with Crippen molar-refractivity contribution in [1.29, 1.82) is 0 Å². The zero-order valence-electron chi connectivity index (χ0n) is 14.2. The van der Waals surface area contributed by atoms with Crippen molar-refractivity contribution in [2.75, 3.05) is 18.4 Å². The molecule has 0 aliphatic carbocycles. The Labute approximate surface area is 148 Å². The molecule has 1 heterocycles. The minimum atomic E-state index is -3.45. The van der Waals surface area contributed by atoms with Gasteiger partial charge >= 0.3 is 0 Å². The Morgan fingerprint density at radius 3 is 2.24 bits per heavy atom. The number of benzene rings is 2. The number of aryl methyl sites for hydroxylation is 1. The van der Waals surface area contributed by atoms with Gasteiger partial charge in [-0.3, -0.25) is 4.79 Å². The van der Waals surface area contributed by atoms with Crippen molar-refractivity contribution in [2.45, 2.75) is 31.1 Å². The lowest BCUT2D eigenvalue weighted by atomic mass is 10.1. The third kappa shape index (κ3) is 3.91. The van der Waals surface area contributed by atoms with Gasteiger partial charge in [0.05, 0.1) is 4.90 Å². The Kier molecular flexibility index (Phi) is 5.20. The number of piperidine rings is 1. The predicted octanol–water partition coefficient (Wildman–Crippen LogP) is 3.42. The highest BCUT2D eigenvalue weighted by Crippen LogP contribution is 2.22. The summed E-state index contributed by atoms with van der Waals surface area (Å²) in [5, 5.41) is 2.81. The fourth-order valence-corrected chi connectivity index (χ4v) is 4.51. The van der Waals surface area contributed by atoms with Gasteiger partial charge in [-0.15, -0.1) is 0 Å². The second-order valence-electron chi connectivity index (χ2n) is 6.26. The summed E-state index contributed by atoms with van der Waals surface area (Å²) in [6, 6.07) is 13.7. The highest BCUT2D eigenvalue weighted by molar-refractivity contribution is 7.89. The van der Waals surface area contributed by atoms with Crippen molar-refractivity contribution in [3.63, 3.8) is 0 Å². The molecule has 1 amide bonds. The SMILES string of the molecule is Cc1ccccc1C(=O)Nc1ccc(S(=O)(=O)N2CCCCC2)cc1. The first-order valence-electron chi connectivity index (χ1n) is 8.46. The van der Waals surface area contributed by atoms with Crippen LogP contribution in [-0.2, 0) is 10.0 Å².